The highest BCUT2D eigenvalue weighted by molar-refractivity contribution is 7.80. The Morgan fingerprint density at radius 2 is 2.41 bits per heavy atom. The first-order chi connectivity index (χ1) is 8.09. The topological polar surface area (TPSA) is 62.6 Å². The van der Waals surface area contributed by atoms with Gasteiger partial charge >= 0.3 is 0 Å². The van der Waals surface area contributed by atoms with E-state index >= 15 is 0 Å². The number of carbonyl (C=O) groups excluding carboxylic acids is 2. The molecular formula is C11H10N2O3S. The molecule has 0 radical (unpaired) electrons. The van der Waals surface area contributed by atoms with Gasteiger partial charge in [0.05, 0.1) is 6.26 Å². The van der Waals surface area contributed by atoms with Crippen molar-refractivity contribution in [1.29, 1.82) is 0 Å². The highest BCUT2D eigenvalue weighted by atomic mass is 32.1. The van der Waals surface area contributed by atoms with Gasteiger partial charge in [-0.25, -0.2) is 4.90 Å². The van der Waals surface area contributed by atoms with E-state index in [2.05, 4.69) is 5.32 Å². The number of rotatable bonds is 2. The number of amides is 2. The van der Waals surface area contributed by atoms with E-state index in [1.165, 1.54) is 6.92 Å². The molecular weight excluding hydrogens is 240 g/mol. The second-order valence-electron chi connectivity index (χ2n) is 3.49. The first-order valence-electron chi connectivity index (χ1n) is 4.98. The third kappa shape index (κ3) is 2.26. The molecule has 0 spiro atoms. The molecule has 1 aliphatic heterocycles. The van der Waals surface area contributed by atoms with Crippen molar-refractivity contribution in [2.45, 2.75) is 13.3 Å². The van der Waals surface area contributed by atoms with E-state index < -0.39 is 11.8 Å². The van der Waals surface area contributed by atoms with Crippen LogP contribution in [0.4, 0.5) is 0 Å². The Labute approximate surface area is 103 Å². The molecule has 2 rings (SSSR count). The van der Waals surface area contributed by atoms with Crippen molar-refractivity contribution in [3.8, 4) is 0 Å². The van der Waals surface area contributed by atoms with Crippen LogP contribution in [0.3, 0.4) is 0 Å². The van der Waals surface area contributed by atoms with E-state index in [0.29, 0.717) is 12.1 Å². The lowest BCUT2D eigenvalue weighted by Gasteiger charge is -2.06. The Hall–Kier alpha value is -1.95. The summed E-state index contributed by atoms with van der Waals surface area (Å²) in [4.78, 5) is 23.9. The Morgan fingerprint density at radius 1 is 1.65 bits per heavy atom. The molecule has 5 nitrogen and oxygen atoms in total. The summed E-state index contributed by atoms with van der Waals surface area (Å²) in [6.45, 7) is 1.29. The van der Waals surface area contributed by atoms with Gasteiger partial charge in [-0.2, -0.15) is 0 Å². The molecule has 88 valence electrons. The summed E-state index contributed by atoms with van der Waals surface area (Å²) in [6.07, 6.45) is 3.68. The van der Waals surface area contributed by atoms with Crippen molar-refractivity contribution in [3.63, 3.8) is 0 Å². The number of carbonyl (C=O) groups is 2. The minimum Gasteiger partial charge on any atom is -0.469 e. The molecule has 2 amide bonds. The number of hydrogen-bond acceptors (Lipinski definition) is 4. The fraction of sp³-hybridized carbons (Fsp3) is 0.182. The van der Waals surface area contributed by atoms with Crippen molar-refractivity contribution in [1.82, 2.24) is 10.2 Å². The minimum atomic E-state index is -0.422. The van der Waals surface area contributed by atoms with Crippen LogP contribution in [-0.2, 0) is 16.0 Å². The molecule has 1 saturated heterocycles. The van der Waals surface area contributed by atoms with E-state index in [1.807, 2.05) is 0 Å². The average molecular weight is 250 g/mol. The summed E-state index contributed by atoms with van der Waals surface area (Å²) in [6, 6.07) is 3.57. The van der Waals surface area contributed by atoms with Gasteiger partial charge in [0.15, 0.2) is 5.11 Å². The summed E-state index contributed by atoms with van der Waals surface area (Å²) in [7, 11) is 0. The van der Waals surface area contributed by atoms with Crippen molar-refractivity contribution in [2.75, 3.05) is 0 Å². The quantitative estimate of drug-likeness (QED) is 0.626. The van der Waals surface area contributed by atoms with Gasteiger partial charge in [-0.05, 0) is 30.4 Å². The lowest BCUT2D eigenvalue weighted by molar-refractivity contribution is -0.135. The molecule has 2 heterocycles. The largest absolute Gasteiger partial charge is 0.469 e. The van der Waals surface area contributed by atoms with Crippen LogP contribution in [0.2, 0.25) is 0 Å². The number of allylic oxidation sites excluding steroid dienone is 1. The van der Waals surface area contributed by atoms with Gasteiger partial charge in [-0.3, -0.25) is 9.59 Å². The zero-order chi connectivity index (χ0) is 12.4. The number of furan rings is 1. The van der Waals surface area contributed by atoms with E-state index in [1.54, 1.807) is 24.5 Å². The summed E-state index contributed by atoms with van der Waals surface area (Å²) >= 11 is 4.89. The molecule has 0 bridgehead atoms. The monoisotopic (exact) mass is 250 g/mol. The second kappa shape index (κ2) is 4.50. The van der Waals surface area contributed by atoms with E-state index in [9.17, 15) is 9.59 Å². The van der Waals surface area contributed by atoms with Gasteiger partial charge in [0, 0.05) is 13.3 Å². The van der Waals surface area contributed by atoms with E-state index in [4.69, 9.17) is 16.6 Å². The number of nitrogens with one attached hydrogen (secondary N) is 1. The lowest BCUT2D eigenvalue weighted by Crippen LogP contribution is -2.34. The predicted molar refractivity (Wildman–Crippen MR) is 63.8 cm³/mol. The third-order valence-electron chi connectivity index (χ3n) is 2.28. The van der Waals surface area contributed by atoms with Gasteiger partial charge in [-0.1, -0.05) is 0 Å². The van der Waals surface area contributed by atoms with Crippen molar-refractivity contribution < 1.29 is 14.0 Å². The smallest absolute Gasteiger partial charge is 0.283 e. The average Bonchev–Trinajstić information content (AvgIpc) is 2.84. The van der Waals surface area contributed by atoms with Crippen molar-refractivity contribution in [3.05, 3.63) is 35.9 Å². The standard InChI is InChI=1S/C11H10N2O3S/c1-7(14)13-10(15)9(12-11(13)17)5-4-8-3-2-6-16-8/h2-3,5-6H,4H2,1H3,(H,12,17)/b9-5-. The van der Waals surface area contributed by atoms with Gasteiger partial charge < -0.3 is 9.73 Å². The number of thiocarbonyl (C=S) groups is 1. The molecule has 1 fully saturated rings. The van der Waals surface area contributed by atoms with E-state index in [-0.39, 0.29) is 5.11 Å². The fourth-order valence-corrected chi connectivity index (χ4v) is 1.81. The number of imide groups is 1. The van der Waals surface area contributed by atoms with E-state index in [0.717, 1.165) is 10.7 Å². The fourth-order valence-electron chi connectivity index (χ4n) is 1.49. The molecule has 1 aliphatic rings. The maximum Gasteiger partial charge on any atom is 0.283 e. The molecule has 1 N–H and O–H groups in total. The molecule has 1 aromatic heterocycles. The Bertz CT molecular complexity index is 505. The van der Waals surface area contributed by atoms with Crippen LogP contribution in [-0.4, -0.2) is 21.8 Å². The molecule has 0 saturated carbocycles. The Kier molecular flexibility index (Phi) is 3.06. The maximum atomic E-state index is 11.8. The van der Waals surface area contributed by atoms with Crippen LogP contribution in [0.25, 0.3) is 0 Å². The molecule has 1 aromatic rings. The van der Waals surface area contributed by atoms with Gasteiger partial charge in [0.25, 0.3) is 5.91 Å². The molecule has 0 aromatic carbocycles. The number of hydrogen-bond donors (Lipinski definition) is 1. The summed E-state index contributed by atoms with van der Waals surface area (Å²) < 4.78 is 5.13. The lowest BCUT2D eigenvalue weighted by atomic mass is 10.2. The summed E-state index contributed by atoms with van der Waals surface area (Å²) in [5, 5.41) is 2.82. The molecule has 0 aliphatic carbocycles. The van der Waals surface area contributed by atoms with Crippen LogP contribution in [0.15, 0.2) is 34.6 Å². The maximum absolute atomic E-state index is 11.8. The highest BCUT2D eigenvalue weighted by Crippen LogP contribution is 2.12. The summed E-state index contributed by atoms with van der Waals surface area (Å²) in [5.74, 6) is -0.0813. The van der Waals surface area contributed by atoms with Gasteiger partial charge in [0.1, 0.15) is 11.5 Å². The molecule has 0 unspecified atom stereocenters. The van der Waals surface area contributed by atoms with Crippen LogP contribution in [0.1, 0.15) is 12.7 Å². The van der Waals surface area contributed by atoms with Gasteiger partial charge in [-0.15, -0.1) is 0 Å². The van der Waals surface area contributed by atoms with Crippen LogP contribution >= 0.6 is 12.2 Å². The van der Waals surface area contributed by atoms with Crippen molar-refractivity contribution >= 4 is 29.1 Å². The third-order valence-corrected chi connectivity index (χ3v) is 2.57. The number of nitrogens with zero attached hydrogens (tertiary/aromatic N) is 1. The van der Waals surface area contributed by atoms with Crippen LogP contribution in [0.5, 0.6) is 0 Å². The highest BCUT2D eigenvalue weighted by Gasteiger charge is 2.33. The molecule has 0 atom stereocenters. The zero-order valence-electron chi connectivity index (χ0n) is 9.10. The SMILES string of the molecule is CC(=O)N1C(=O)/C(=C/Cc2ccco2)NC1=S. The normalized spacial score (nSPS) is 17.7. The van der Waals surface area contributed by atoms with Crippen molar-refractivity contribution in [2.24, 2.45) is 0 Å². The minimum absolute atomic E-state index is 0.119. The predicted octanol–water partition coefficient (Wildman–Crippen LogP) is 0.969. The Balaban J connectivity index is 2.14. The van der Waals surface area contributed by atoms with Crippen LogP contribution in [0, 0.1) is 0 Å². The molecule has 6 heteroatoms. The first kappa shape index (κ1) is 11.5. The Morgan fingerprint density at radius 3 is 2.94 bits per heavy atom. The molecule has 17 heavy (non-hydrogen) atoms. The van der Waals surface area contributed by atoms with Gasteiger partial charge in [0.2, 0.25) is 5.91 Å². The van der Waals surface area contributed by atoms with Crippen LogP contribution < -0.4 is 5.32 Å². The zero-order valence-corrected chi connectivity index (χ0v) is 9.91. The first-order valence-corrected chi connectivity index (χ1v) is 5.39. The summed E-state index contributed by atoms with van der Waals surface area (Å²) in [5.41, 5.74) is 0.307. The second-order valence-corrected chi connectivity index (χ2v) is 3.88.